The van der Waals surface area contributed by atoms with Crippen molar-refractivity contribution in [1.29, 1.82) is 0 Å². The van der Waals surface area contributed by atoms with Crippen molar-refractivity contribution in [2.45, 2.75) is 19.3 Å². The van der Waals surface area contributed by atoms with Crippen molar-refractivity contribution in [2.24, 2.45) is 0 Å². The van der Waals surface area contributed by atoms with Crippen LogP contribution in [0.4, 0.5) is 17.1 Å². The van der Waals surface area contributed by atoms with Gasteiger partial charge in [0.1, 0.15) is 0 Å². The van der Waals surface area contributed by atoms with Gasteiger partial charge in [-0.2, -0.15) is 9.97 Å². The van der Waals surface area contributed by atoms with Gasteiger partial charge in [0.05, 0.1) is 28.1 Å². The summed E-state index contributed by atoms with van der Waals surface area (Å²) in [5, 5.41) is 4.86. The Hall–Kier alpha value is -7.37. The zero-order valence-electron chi connectivity index (χ0n) is 31.5. The molecule has 0 fully saturated rings. The van der Waals surface area contributed by atoms with Gasteiger partial charge in [-0.05, 0) is 69.6 Å². The molecule has 2 aliphatic rings. The molecular formula is C52H35N5. The summed E-state index contributed by atoms with van der Waals surface area (Å²) in [6.07, 6.45) is 0. The normalized spacial score (nSPS) is 13.5. The Labute approximate surface area is 330 Å². The van der Waals surface area contributed by atoms with Gasteiger partial charge in [-0.25, -0.2) is 4.98 Å². The minimum Gasteiger partial charge on any atom is -0.309 e. The maximum absolute atomic E-state index is 5.15. The van der Waals surface area contributed by atoms with Crippen LogP contribution in [0.25, 0.3) is 83.6 Å². The Kier molecular flexibility index (Phi) is 6.62. The average molecular weight is 730 g/mol. The third kappa shape index (κ3) is 4.54. The molecule has 8 aromatic carbocycles. The summed E-state index contributed by atoms with van der Waals surface area (Å²) in [6.45, 7) is 4.76. The molecule has 0 amide bonds. The number of benzene rings is 8. The van der Waals surface area contributed by atoms with E-state index in [0.29, 0.717) is 17.6 Å². The number of rotatable bonds is 4. The van der Waals surface area contributed by atoms with Crippen molar-refractivity contribution < 1.29 is 0 Å². The van der Waals surface area contributed by atoms with E-state index >= 15 is 0 Å². The van der Waals surface area contributed by atoms with Crippen molar-refractivity contribution >= 4 is 49.6 Å². The van der Waals surface area contributed by atoms with Gasteiger partial charge in [0, 0.05) is 38.3 Å². The molecule has 2 aliphatic heterocycles. The Bertz CT molecular complexity index is 3210. The first-order valence-corrected chi connectivity index (χ1v) is 19.5. The molecule has 0 atom stereocenters. The molecule has 0 aliphatic carbocycles. The van der Waals surface area contributed by atoms with E-state index in [-0.39, 0.29) is 5.41 Å². The highest BCUT2D eigenvalue weighted by atomic mass is 15.2. The number of anilines is 3. The standard InChI is InChI=1S/C52H35N5/c1-52(2)41-24-11-14-27-46(41)56-43-25-12-9-20-35(43)37-22-15-23-38-39(31-42(52)48(56)47(37)38)34-28-29-45-40(30-34)36-21-10-13-26-44(36)57(45)51-54-49(32-16-5-3-6-17-32)53-50(55-51)33-18-7-4-8-19-33/h3-31H,1-2H3. The molecule has 12 rings (SSSR count). The predicted molar refractivity (Wildman–Crippen MR) is 234 cm³/mol. The van der Waals surface area contributed by atoms with E-state index in [4.69, 9.17) is 15.0 Å². The summed E-state index contributed by atoms with van der Waals surface area (Å²) in [5.74, 6) is 1.87. The fourth-order valence-corrected chi connectivity index (χ4v) is 9.49. The van der Waals surface area contributed by atoms with Gasteiger partial charge < -0.3 is 4.90 Å². The molecule has 10 aromatic rings. The van der Waals surface area contributed by atoms with E-state index in [1.54, 1.807) is 0 Å². The molecule has 5 nitrogen and oxygen atoms in total. The lowest BCUT2D eigenvalue weighted by molar-refractivity contribution is 0.633. The molecule has 0 radical (unpaired) electrons. The first kappa shape index (κ1) is 31.9. The van der Waals surface area contributed by atoms with E-state index in [1.165, 1.54) is 61.2 Å². The zero-order valence-corrected chi connectivity index (χ0v) is 31.5. The average Bonchev–Trinajstić information content (AvgIpc) is 3.60. The fourth-order valence-electron chi connectivity index (χ4n) is 9.49. The van der Waals surface area contributed by atoms with Crippen LogP contribution < -0.4 is 4.90 Å². The maximum Gasteiger partial charge on any atom is 0.238 e. The second kappa shape index (κ2) is 11.8. The molecule has 2 aromatic heterocycles. The van der Waals surface area contributed by atoms with Crippen molar-refractivity contribution in [2.75, 3.05) is 4.90 Å². The van der Waals surface area contributed by atoms with Gasteiger partial charge in [0.2, 0.25) is 5.95 Å². The van der Waals surface area contributed by atoms with Crippen molar-refractivity contribution in [3.05, 3.63) is 187 Å². The third-order valence-corrected chi connectivity index (χ3v) is 12.2. The number of hydrogen-bond acceptors (Lipinski definition) is 4. The number of nitrogens with zero attached hydrogens (tertiary/aromatic N) is 5. The highest BCUT2D eigenvalue weighted by molar-refractivity contribution is 6.20. The quantitative estimate of drug-likeness (QED) is 0.181. The van der Waals surface area contributed by atoms with Gasteiger partial charge in [-0.3, -0.25) is 4.57 Å². The van der Waals surface area contributed by atoms with Crippen LogP contribution in [-0.2, 0) is 5.41 Å². The Balaban J connectivity index is 1.12. The molecule has 0 unspecified atom stereocenters. The number of para-hydroxylation sites is 3. The number of hydrogen-bond donors (Lipinski definition) is 0. The zero-order chi connectivity index (χ0) is 37.8. The van der Waals surface area contributed by atoms with Crippen LogP contribution in [0.3, 0.4) is 0 Å². The van der Waals surface area contributed by atoms with Gasteiger partial charge in [0.15, 0.2) is 11.6 Å². The molecular weight excluding hydrogens is 695 g/mol. The lowest BCUT2D eigenvalue weighted by atomic mass is 9.70. The predicted octanol–water partition coefficient (Wildman–Crippen LogP) is 13.2. The Morgan fingerprint density at radius 3 is 1.81 bits per heavy atom. The molecule has 4 heterocycles. The van der Waals surface area contributed by atoms with Crippen LogP contribution in [0.2, 0.25) is 0 Å². The van der Waals surface area contributed by atoms with Crippen LogP contribution in [0.1, 0.15) is 25.0 Å². The Morgan fingerprint density at radius 1 is 0.421 bits per heavy atom. The van der Waals surface area contributed by atoms with Crippen LogP contribution in [0, 0.1) is 0 Å². The number of fused-ring (bicyclic) bond motifs is 8. The van der Waals surface area contributed by atoms with Gasteiger partial charge in [-0.1, -0.05) is 153 Å². The first-order chi connectivity index (χ1) is 28.0. The first-order valence-electron chi connectivity index (χ1n) is 19.5. The Morgan fingerprint density at radius 2 is 1.04 bits per heavy atom. The lowest BCUT2D eigenvalue weighted by Gasteiger charge is -2.45. The largest absolute Gasteiger partial charge is 0.309 e. The highest BCUT2D eigenvalue weighted by Crippen LogP contribution is 2.60. The van der Waals surface area contributed by atoms with Crippen LogP contribution in [0.15, 0.2) is 176 Å². The summed E-state index contributed by atoms with van der Waals surface area (Å²) in [4.78, 5) is 17.8. The van der Waals surface area contributed by atoms with Crippen LogP contribution >= 0.6 is 0 Å². The van der Waals surface area contributed by atoms with Crippen LogP contribution in [0.5, 0.6) is 0 Å². The monoisotopic (exact) mass is 729 g/mol. The smallest absolute Gasteiger partial charge is 0.238 e. The third-order valence-electron chi connectivity index (χ3n) is 12.2. The SMILES string of the molecule is CC1(C)c2ccccc2N2c3ccccc3-c3cccc4c(-c5ccc6c(c5)c5ccccc5n6-c5nc(-c6ccccc6)nc(-c6ccccc6)n5)cc1c2c34. The summed E-state index contributed by atoms with van der Waals surface area (Å²) in [7, 11) is 0. The summed E-state index contributed by atoms with van der Waals surface area (Å²) < 4.78 is 2.20. The highest BCUT2D eigenvalue weighted by Gasteiger charge is 2.41. The van der Waals surface area contributed by atoms with E-state index in [9.17, 15) is 0 Å². The van der Waals surface area contributed by atoms with Crippen molar-refractivity contribution in [3.8, 4) is 51.0 Å². The summed E-state index contributed by atoms with van der Waals surface area (Å²) >= 11 is 0. The number of aromatic nitrogens is 4. The van der Waals surface area contributed by atoms with Crippen molar-refractivity contribution in [1.82, 2.24) is 19.5 Å². The molecule has 0 saturated carbocycles. The molecule has 0 spiro atoms. The van der Waals surface area contributed by atoms with E-state index < -0.39 is 0 Å². The van der Waals surface area contributed by atoms with E-state index in [2.05, 4.69) is 163 Å². The topological polar surface area (TPSA) is 46.8 Å². The summed E-state index contributed by atoms with van der Waals surface area (Å²) in [5.41, 5.74) is 15.1. The fraction of sp³-hybridized carbons (Fsp3) is 0.0577. The molecule has 5 heteroatoms. The molecule has 0 saturated heterocycles. The summed E-state index contributed by atoms with van der Waals surface area (Å²) in [6, 6.07) is 62.9. The molecule has 57 heavy (non-hydrogen) atoms. The lowest BCUT2D eigenvalue weighted by Crippen LogP contribution is -2.32. The molecule has 268 valence electrons. The minimum absolute atomic E-state index is 0.226. The van der Waals surface area contributed by atoms with Gasteiger partial charge in [0.25, 0.3) is 0 Å². The second-order valence-corrected chi connectivity index (χ2v) is 15.6. The second-order valence-electron chi connectivity index (χ2n) is 15.6. The van der Waals surface area contributed by atoms with Crippen LogP contribution in [-0.4, -0.2) is 19.5 Å². The van der Waals surface area contributed by atoms with E-state index in [1.807, 2.05) is 36.4 Å². The minimum atomic E-state index is -0.226. The van der Waals surface area contributed by atoms with Crippen molar-refractivity contribution in [3.63, 3.8) is 0 Å². The van der Waals surface area contributed by atoms with Gasteiger partial charge >= 0.3 is 0 Å². The maximum atomic E-state index is 5.15. The molecule has 0 bridgehead atoms. The van der Waals surface area contributed by atoms with Gasteiger partial charge in [-0.15, -0.1) is 0 Å². The van der Waals surface area contributed by atoms with E-state index in [0.717, 1.165) is 32.9 Å². The molecule has 0 N–H and O–H groups in total.